The Kier molecular flexibility index (Phi) is 4.81. The highest BCUT2D eigenvalue weighted by molar-refractivity contribution is 7.80. The second-order valence-corrected chi connectivity index (χ2v) is 2.02. The fourth-order valence-electron chi connectivity index (χ4n) is 0.412. The minimum atomic E-state index is -0.926. The van der Waals surface area contributed by atoms with E-state index in [1.54, 1.807) is 0 Å². The van der Waals surface area contributed by atoms with Crippen molar-refractivity contribution in [2.45, 2.75) is 6.04 Å². The van der Waals surface area contributed by atoms with Gasteiger partial charge in [0.2, 0.25) is 0 Å². The molecule has 0 unspecified atom stereocenters. The predicted octanol–water partition coefficient (Wildman–Crippen LogP) is -0.408. The van der Waals surface area contributed by atoms with Crippen molar-refractivity contribution in [3.8, 4) is 12.3 Å². The summed E-state index contributed by atoms with van der Waals surface area (Å²) in [6.07, 6.45) is 4.90. The van der Waals surface area contributed by atoms with Crippen LogP contribution in [-0.2, 0) is 4.79 Å². The molecule has 0 fully saturated rings. The summed E-state index contributed by atoms with van der Waals surface area (Å²) in [5.41, 5.74) is 0. The van der Waals surface area contributed by atoms with Crippen molar-refractivity contribution in [2.75, 3.05) is 12.3 Å². The highest BCUT2D eigenvalue weighted by Crippen LogP contribution is 1.86. The molecule has 2 N–H and O–H groups in total. The van der Waals surface area contributed by atoms with E-state index in [-0.39, 0.29) is 12.3 Å². The van der Waals surface area contributed by atoms with Gasteiger partial charge < -0.3 is 5.11 Å². The van der Waals surface area contributed by atoms with Crippen LogP contribution >= 0.6 is 12.6 Å². The van der Waals surface area contributed by atoms with Gasteiger partial charge >= 0.3 is 5.97 Å². The maximum atomic E-state index is 10.3. The van der Waals surface area contributed by atoms with Crippen molar-refractivity contribution in [2.24, 2.45) is 0 Å². The van der Waals surface area contributed by atoms with Gasteiger partial charge in [-0.2, -0.15) is 12.6 Å². The molecule has 0 bridgehead atoms. The Morgan fingerprint density at radius 2 is 2.50 bits per heavy atom. The largest absolute Gasteiger partial charge is 0.480 e. The Bertz CT molecular complexity index is 152. The molecule has 4 heteroatoms. The van der Waals surface area contributed by atoms with Crippen LogP contribution in [0.3, 0.4) is 0 Å². The second kappa shape index (κ2) is 5.15. The standard InChI is InChI=1S/C6H9NO2S/c1-2-3-7-5(4-10)6(8)9/h1,5,7,10H,3-4H2,(H,8,9)/t5-/m0/s1. The van der Waals surface area contributed by atoms with E-state index < -0.39 is 12.0 Å². The molecule has 0 amide bonds. The first-order valence-corrected chi connectivity index (χ1v) is 3.36. The van der Waals surface area contributed by atoms with E-state index in [2.05, 4.69) is 23.9 Å². The summed E-state index contributed by atoms with van der Waals surface area (Å²) >= 11 is 3.82. The number of nitrogens with one attached hydrogen (secondary N) is 1. The summed E-state index contributed by atoms with van der Waals surface area (Å²) in [4.78, 5) is 10.3. The minimum Gasteiger partial charge on any atom is -0.480 e. The van der Waals surface area contributed by atoms with Crippen LogP contribution in [0.2, 0.25) is 0 Å². The molecule has 56 valence electrons. The molecule has 0 saturated heterocycles. The van der Waals surface area contributed by atoms with Crippen molar-refractivity contribution in [1.29, 1.82) is 0 Å². The fourth-order valence-corrected chi connectivity index (χ4v) is 0.697. The van der Waals surface area contributed by atoms with Crippen molar-refractivity contribution in [3.05, 3.63) is 0 Å². The highest BCUT2D eigenvalue weighted by atomic mass is 32.1. The molecule has 0 aliphatic rings. The maximum Gasteiger partial charge on any atom is 0.321 e. The zero-order valence-corrected chi connectivity index (χ0v) is 6.27. The topological polar surface area (TPSA) is 49.3 Å². The van der Waals surface area contributed by atoms with E-state index in [4.69, 9.17) is 11.5 Å². The zero-order chi connectivity index (χ0) is 7.98. The Balaban J connectivity index is 3.63. The van der Waals surface area contributed by atoms with Gasteiger partial charge in [0, 0.05) is 5.75 Å². The van der Waals surface area contributed by atoms with Crippen LogP contribution in [0.25, 0.3) is 0 Å². The van der Waals surface area contributed by atoms with Crippen LogP contribution in [0.5, 0.6) is 0 Å². The first-order chi connectivity index (χ1) is 4.72. The summed E-state index contributed by atoms with van der Waals surface area (Å²) < 4.78 is 0. The van der Waals surface area contributed by atoms with Gasteiger partial charge in [-0.25, -0.2) is 0 Å². The van der Waals surface area contributed by atoms with Crippen molar-refractivity contribution in [1.82, 2.24) is 5.32 Å². The van der Waals surface area contributed by atoms with Gasteiger partial charge in [-0.15, -0.1) is 6.42 Å². The third-order valence-electron chi connectivity index (χ3n) is 0.931. The lowest BCUT2D eigenvalue weighted by molar-refractivity contribution is -0.138. The molecule has 0 saturated carbocycles. The summed E-state index contributed by atoms with van der Waals surface area (Å²) in [5, 5.41) is 11.0. The highest BCUT2D eigenvalue weighted by Gasteiger charge is 2.12. The Hall–Kier alpha value is -0.660. The van der Waals surface area contributed by atoms with Gasteiger partial charge in [0.15, 0.2) is 0 Å². The van der Waals surface area contributed by atoms with E-state index in [0.717, 1.165) is 0 Å². The molecule has 10 heavy (non-hydrogen) atoms. The van der Waals surface area contributed by atoms with Gasteiger partial charge in [0.1, 0.15) is 6.04 Å². The van der Waals surface area contributed by atoms with Crippen LogP contribution in [0.4, 0.5) is 0 Å². The fraction of sp³-hybridized carbons (Fsp3) is 0.500. The normalized spacial score (nSPS) is 12.0. The van der Waals surface area contributed by atoms with Crippen LogP contribution in [-0.4, -0.2) is 29.4 Å². The number of carboxylic acid groups (broad SMARTS) is 1. The molecule has 0 spiro atoms. The predicted molar refractivity (Wildman–Crippen MR) is 42.1 cm³/mol. The van der Waals surface area contributed by atoms with E-state index in [0.29, 0.717) is 0 Å². The maximum absolute atomic E-state index is 10.3. The Labute approximate surface area is 65.2 Å². The summed E-state index contributed by atoms with van der Waals surface area (Å²) in [5.74, 6) is 1.60. The molecule has 0 radical (unpaired) electrons. The van der Waals surface area contributed by atoms with Gasteiger partial charge in [0.05, 0.1) is 6.54 Å². The van der Waals surface area contributed by atoms with E-state index in [9.17, 15) is 4.79 Å². The molecular formula is C6H9NO2S. The second-order valence-electron chi connectivity index (χ2n) is 1.66. The number of rotatable bonds is 4. The summed E-state index contributed by atoms with van der Waals surface area (Å²) in [6, 6.07) is -0.639. The molecular weight excluding hydrogens is 150 g/mol. The number of thiol groups is 1. The van der Waals surface area contributed by atoms with E-state index in [1.165, 1.54) is 0 Å². The average Bonchev–Trinajstić information content (AvgIpc) is 1.89. The van der Waals surface area contributed by atoms with Gasteiger partial charge in [-0.1, -0.05) is 5.92 Å². The SMILES string of the molecule is C#CCN[C@@H](CS)C(=O)O. The van der Waals surface area contributed by atoms with E-state index in [1.807, 2.05) is 0 Å². The van der Waals surface area contributed by atoms with Gasteiger partial charge in [-0.3, -0.25) is 10.1 Å². The first-order valence-electron chi connectivity index (χ1n) is 2.73. The quantitative estimate of drug-likeness (QED) is 0.386. The van der Waals surface area contributed by atoms with Crippen molar-refractivity contribution >= 4 is 18.6 Å². The molecule has 0 aliphatic carbocycles. The number of carbonyl (C=O) groups is 1. The van der Waals surface area contributed by atoms with Gasteiger partial charge in [-0.05, 0) is 0 Å². The zero-order valence-electron chi connectivity index (χ0n) is 5.37. The molecule has 0 heterocycles. The number of aliphatic carboxylic acids is 1. The van der Waals surface area contributed by atoms with Crippen molar-refractivity contribution in [3.63, 3.8) is 0 Å². The number of terminal acetylenes is 1. The van der Waals surface area contributed by atoms with E-state index >= 15 is 0 Å². The van der Waals surface area contributed by atoms with Crippen LogP contribution in [0, 0.1) is 12.3 Å². The third-order valence-corrected chi connectivity index (χ3v) is 1.30. The monoisotopic (exact) mass is 159 g/mol. The lowest BCUT2D eigenvalue weighted by Gasteiger charge is -2.07. The Morgan fingerprint density at radius 1 is 1.90 bits per heavy atom. The minimum absolute atomic E-state index is 0.247. The lowest BCUT2D eigenvalue weighted by atomic mass is 10.3. The lowest BCUT2D eigenvalue weighted by Crippen LogP contribution is -2.38. The molecule has 0 aliphatic heterocycles. The smallest absolute Gasteiger partial charge is 0.321 e. The van der Waals surface area contributed by atoms with Crippen LogP contribution in [0.1, 0.15) is 0 Å². The molecule has 0 aromatic heterocycles. The molecule has 0 aromatic rings. The summed E-state index contributed by atoms with van der Waals surface area (Å²) in [7, 11) is 0. The first kappa shape index (κ1) is 9.34. The number of hydrogen-bond acceptors (Lipinski definition) is 3. The Morgan fingerprint density at radius 3 is 2.80 bits per heavy atom. The molecule has 0 aromatic carbocycles. The third kappa shape index (κ3) is 3.38. The van der Waals surface area contributed by atoms with Gasteiger partial charge in [0.25, 0.3) is 0 Å². The average molecular weight is 159 g/mol. The van der Waals surface area contributed by atoms with Crippen LogP contribution < -0.4 is 5.32 Å². The van der Waals surface area contributed by atoms with Crippen molar-refractivity contribution < 1.29 is 9.90 Å². The molecule has 0 rings (SSSR count). The number of hydrogen-bond donors (Lipinski definition) is 3. The number of carboxylic acids is 1. The molecule has 1 atom stereocenters. The summed E-state index contributed by atoms with van der Waals surface area (Å²) in [6.45, 7) is 0.261. The molecule has 3 nitrogen and oxygen atoms in total. The van der Waals surface area contributed by atoms with Crippen LogP contribution in [0.15, 0.2) is 0 Å².